The maximum absolute atomic E-state index is 13.1. The van der Waals surface area contributed by atoms with Crippen molar-refractivity contribution in [1.82, 2.24) is 15.3 Å². The van der Waals surface area contributed by atoms with Gasteiger partial charge in [-0.2, -0.15) is 0 Å². The number of hydrogen-bond donors (Lipinski definition) is 2. The summed E-state index contributed by atoms with van der Waals surface area (Å²) in [4.78, 5) is 20.2. The molecule has 0 aliphatic rings. The average Bonchev–Trinajstić information content (AvgIpc) is 2.62. The highest BCUT2D eigenvalue weighted by molar-refractivity contribution is 6.30. The molecule has 25 heavy (non-hydrogen) atoms. The van der Waals surface area contributed by atoms with Crippen LogP contribution in [0.3, 0.4) is 0 Å². The van der Waals surface area contributed by atoms with E-state index in [1.165, 1.54) is 24.5 Å². The van der Waals surface area contributed by atoms with Crippen LogP contribution in [0.5, 0.6) is 0 Å². The zero-order valence-corrected chi connectivity index (χ0v) is 13.8. The van der Waals surface area contributed by atoms with Crippen LogP contribution >= 0.6 is 11.6 Å². The largest absolute Gasteiger partial charge is 0.348 e. The van der Waals surface area contributed by atoms with Crippen molar-refractivity contribution in [2.24, 2.45) is 0 Å². The van der Waals surface area contributed by atoms with Crippen LogP contribution < -0.4 is 10.6 Å². The van der Waals surface area contributed by atoms with Gasteiger partial charge in [-0.25, -0.2) is 14.4 Å². The van der Waals surface area contributed by atoms with E-state index in [-0.39, 0.29) is 17.7 Å². The summed E-state index contributed by atoms with van der Waals surface area (Å²) < 4.78 is 13.1. The summed E-state index contributed by atoms with van der Waals surface area (Å²) in [5.41, 5.74) is 1.79. The van der Waals surface area contributed by atoms with Gasteiger partial charge in [0.05, 0.1) is 5.56 Å². The Kier molecular flexibility index (Phi) is 5.20. The van der Waals surface area contributed by atoms with Gasteiger partial charge in [-0.15, -0.1) is 0 Å². The van der Waals surface area contributed by atoms with Crippen molar-refractivity contribution in [2.45, 2.75) is 6.54 Å². The smallest absolute Gasteiger partial charge is 0.254 e. The Hall–Kier alpha value is -2.99. The summed E-state index contributed by atoms with van der Waals surface area (Å²) in [6.07, 6.45) is 2.82. The highest BCUT2D eigenvalue weighted by Gasteiger charge is 2.07. The molecule has 5 nitrogen and oxygen atoms in total. The lowest BCUT2D eigenvalue weighted by atomic mass is 10.2. The molecule has 1 heterocycles. The molecular formula is C18H14ClFN4O. The second-order valence-corrected chi connectivity index (χ2v) is 5.68. The second kappa shape index (κ2) is 7.72. The molecule has 3 aromatic rings. The van der Waals surface area contributed by atoms with Crippen molar-refractivity contribution in [1.29, 1.82) is 0 Å². The van der Waals surface area contributed by atoms with Gasteiger partial charge in [0.2, 0.25) is 5.95 Å². The molecule has 0 radical (unpaired) electrons. The summed E-state index contributed by atoms with van der Waals surface area (Å²) in [5, 5.41) is 6.29. The van der Waals surface area contributed by atoms with Gasteiger partial charge in [0.15, 0.2) is 0 Å². The minimum Gasteiger partial charge on any atom is -0.348 e. The van der Waals surface area contributed by atoms with Crippen LogP contribution in [0.4, 0.5) is 16.0 Å². The number of nitrogens with one attached hydrogen (secondary N) is 2. The lowest BCUT2D eigenvalue weighted by Crippen LogP contribution is -2.23. The molecule has 3 rings (SSSR count). The maximum Gasteiger partial charge on any atom is 0.254 e. The molecule has 2 N–H and O–H groups in total. The molecule has 1 aromatic heterocycles. The summed E-state index contributed by atoms with van der Waals surface area (Å²) in [6, 6.07) is 13.2. The maximum atomic E-state index is 13.1. The fraction of sp³-hybridized carbons (Fsp3) is 0.0556. The fourth-order valence-electron chi connectivity index (χ4n) is 2.09. The van der Waals surface area contributed by atoms with E-state index in [2.05, 4.69) is 20.6 Å². The van der Waals surface area contributed by atoms with Gasteiger partial charge in [0.25, 0.3) is 5.91 Å². The minimum atomic E-state index is -0.358. The third kappa shape index (κ3) is 4.74. The first-order valence-corrected chi connectivity index (χ1v) is 7.85. The van der Waals surface area contributed by atoms with Crippen LogP contribution in [0.2, 0.25) is 5.02 Å². The Morgan fingerprint density at radius 1 is 1.08 bits per heavy atom. The zero-order valence-electron chi connectivity index (χ0n) is 13.0. The predicted molar refractivity (Wildman–Crippen MR) is 94.3 cm³/mol. The third-order valence-electron chi connectivity index (χ3n) is 3.36. The van der Waals surface area contributed by atoms with Crippen LogP contribution in [-0.2, 0) is 6.54 Å². The summed E-state index contributed by atoms with van der Waals surface area (Å²) in [7, 11) is 0. The van der Waals surface area contributed by atoms with Gasteiger partial charge in [0.1, 0.15) is 5.82 Å². The van der Waals surface area contributed by atoms with Crippen molar-refractivity contribution in [3.8, 4) is 0 Å². The van der Waals surface area contributed by atoms with E-state index in [4.69, 9.17) is 11.6 Å². The Labute approximate surface area is 148 Å². The molecule has 0 saturated carbocycles. The standard InChI is InChI=1S/C18H14ClFN4O/c19-14-6-4-12(5-7-14)9-21-17(25)13-10-22-18(23-11-13)24-16-3-1-2-15(20)8-16/h1-8,10-11H,9H2,(H,21,25)(H,22,23,24). The molecule has 7 heteroatoms. The lowest BCUT2D eigenvalue weighted by Gasteiger charge is -2.07. The molecule has 0 aliphatic heterocycles. The SMILES string of the molecule is O=C(NCc1ccc(Cl)cc1)c1cnc(Nc2cccc(F)c2)nc1. The number of hydrogen-bond acceptors (Lipinski definition) is 4. The zero-order chi connectivity index (χ0) is 17.6. The Morgan fingerprint density at radius 3 is 2.48 bits per heavy atom. The molecule has 0 atom stereocenters. The second-order valence-electron chi connectivity index (χ2n) is 5.24. The monoisotopic (exact) mass is 356 g/mol. The van der Waals surface area contributed by atoms with Crippen molar-refractivity contribution in [3.63, 3.8) is 0 Å². The number of rotatable bonds is 5. The van der Waals surface area contributed by atoms with Crippen molar-refractivity contribution >= 4 is 29.1 Å². The van der Waals surface area contributed by atoms with E-state index >= 15 is 0 Å². The minimum absolute atomic E-state index is 0.278. The van der Waals surface area contributed by atoms with Gasteiger partial charge < -0.3 is 10.6 Å². The summed E-state index contributed by atoms with van der Waals surface area (Å²) >= 11 is 5.82. The average molecular weight is 357 g/mol. The molecule has 126 valence electrons. The normalized spacial score (nSPS) is 10.3. The molecular weight excluding hydrogens is 343 g/mol. The highest BCUT2D eigenvalue weighted by atomic mass is 35.5. The van der Waals surface area contributed by atoms with Crippen LogP contribution in [0.25, 0.3) is 0 Å². The van der Waals surface area contributed by atoms with E-state index in [1.54, 1.807) is 24.3 Å². The molecule has 0 spiro atoms. The number of halogens is 2. The first-order chi connectivity index (χ1) is 12.1. The van der Waals surface area contributed by atoms with Crippen molar-refractivity contribution in [2.75, 3.05) is 5.32 Å². The van der Waals surface area contributed by atoms with Crippen LogP contribution in [0, 0.1) is 5.82 Å². The van der Waals surface area contributed by atoms with Crippen LogP contribution in [0.15, 0.2) is 60.9 Å². The molecule has 0 fully saturated rings. The number of nitrogens with zero attached hydrogens (tertiary/aromatic N) is 2. The Balaban J connectivity index is 1.59. The van der Waals surface area contributed by atoms with Crippen molar-refractivity contribution < 1.29 is 9.18 Å². The molecule has 0 saturated heterocycles. The lowest BCUT2D eigenvalue weighted by molar-refractivity contribution is 0.0950. The number of carbonyl (C=O) groups is 1. The Bertz CT molecular complexity index is 869. The van der Waals surface area contributed by atoms with Crippen LogP contribution in [0.1, 0.15) is 15.9 Å². The van der Waals surface area contributed by atoms with E-state index < -0.39 is 0 Å². The van der Waals surface area contributed by atoms with Gasteiger partial charge in [-0.05, 0) is 35.9 Å². The first-order valence-electron chi connectivity index (χ1n) is 7.47. The number of benzene rings is 2. The number of carbonyl (C=O) groups excluding carboxylic acids is 1. The van der Waals surface area contributed by atoms with Gasteiger partial charge in [-0.3, -0.25) is 4.79 Å². The molecule has 0 bridgehead atoms. The van der Waals surface area contributed by atoms with E-state index in [0.717, 1.165) is 5.56 Å². The van der Waals surface area contributed by atoms with E-state index in [9.17, 15) is 9.18 Å². The quantitative estimate of drug-likeness (QED) is 0.726. The number of aromatic nitrogens is 2. The first kappa shape index (κ1) is 16.9. The van der Waals surface area contributed by atoms with Gasteiger partial charge in [0, 0.05) is 29.6 Å². The highest BCUT2D eigenvalue weighted by Crippen LogP contribution is 2.14. The molecule has 0 unspecified atom stereocenters. The molecule has 0 aliphatic carbocycles. The van der Waals surface area contributed by atoms with Gasteiger partial charge >= 0.3 is 0 Å². The van der Waals surface area contributed by atoms with E-state index in [0.29, 0.717) is 22.8 Å². The van der Waals surface area contributed by atoms with E-state index in [1.807, 2.05) is 12.1 Å². The fourth-order valence-corrected chi connectivity index (χ4v) is 2.22. The third-order valence-corrected chi connectivity index (χ3v) is 3.61. The number of amides is 1. The van der Waals surface area contributed by atoms with Crippen molar-refractivity contribution in [3.05, 3.63) is 82.9 Å². The topological polar surface area (TPSA) is 66.9 Å². The molecule has 2 aromatic carbocycles. The van der Waals surface area contributed by atoms with Gasteiger partial charge in [-0.1, -0.05) is 29.8 Å². The summed E-state index contributed by atoms with van der Waals surface area (Å²) in [6.45, 7) is 0.374. The molecule has 1 amide bonds. The summed E-state index contributed by atoms with van der Waals surface area (Å²) in [5.74, 6) is -0.365. The number of anilines is 2. The predicted octanol–water partition coefficient (Wildman–Crippen LogP) is 3.94. The Morgan fingerprint density at radius 2 is 1.80 bits per heavy atom. The van der Waals surface area contributed by atoms with Crippen LogP contribution in [-0.4, -0.2) is 15.9 Å².